The van der Waals surface area contributed by atoms with E-state index < -0.39 is 11.6 Å². The molecule has 0 unspecified atom stereocenters. The van der Waals surface area contributed by atoms with Crippen LogP contribution in [-0.4, -0.2) is 41.1 Å². The van der Waals surface area contributed by atoms with Crippen molar-refractivity contribution < 1.29 is 19.4 Å². The van der Waals surface area contributed by atoms with Gasteiger partial charge in [-0.05, 0) is 48.9 Å². The Hall–Kier alpha value is -1.88. The van der Waals surface area contributed by atoms with Gasteiger partial charge in [-0.15, -0.1) is 0 Å². The van der Waals surface area contributed by atoms with Gasteiger partial charge in [0.25, 0.3) is 5.91 Å². The van der Waals surface area contributed by atoms with Crippen LogP contribution in [-0.2, 0) is 22.5 Å². The number of nitrogens with zero attached hydrogens (tertiary/aromatic N) is 1. The van der Waals surface area contributed by atoms with Gasteiger partial charge in [0.2, 0.25) is 0 Å². The van der Waals surface area contributed by atoms with Crippen LogP contribution in [0, 0.1) is 0 Å². The van der Waals surface area contributed by atoms with E-state index in [0.29, 0.717) is 13.1 Å². The molecule has 1 aromatic rings. The van der Waals surface area contributed by atoms with Crippen molar-refractivity contribution >= 4 is 11.9 Å². The molecule has 0 spiro atoms. The molecule has 0 bridgehead atoms. The number of carbonyl (C=O) groups excluding carboxylic acids is 1. The van der Waals surface area contributed by atoms with E-state index in [1.54, 1.807) is 24.1 Å². The average molecular weight is 289 g/mol. The number of aromatic carboxylic acids is 1. The number of hydrogen-bond acceptors (Lipinski definition) is 3. The Balaban J connectivity index is 1.82. The Morgan fingerprint density at radius 1 is 1.29 bits per heavy atom. The summed E-state index contributed by atoms with van der Waals surface area (Å²) in [6.07, 6.45) is 3.34. The number of methoxy groups -OCH3 is 1. The summed E-state index contributed by atoms with van der Waals surface area (Å²) >= 11 is 0. The van der Waals surface area contributed by atoms with E-state index >= 15 is 0 Å². The average Bonchev–Trinajstić information content (AvgIpc) is 2.45. The van der Waals surface area contributed by atoms with Gasteiger partial charge < -0.3 is 14.7 Å². The van der Waals surface area contributed by atoms with Crippen molar-refractivity contribution in [1.29, 1.82) is 0 Å². The lowest BCUT2D eigenvalue weighted by Crippen LogP contribution is -2.55. The topological polar surface area (TPSA) is 66.8 Å². The predicted octanol–water partition coefficient (Wildman–Crippen LogP) is 1.84. The second kappa shape index (κ2) is 5.15. The standard InChI is InChI=1S/C16H19NO4/c1-21-16(6-2-7-16)15(20)17-8-5-11-3-4-12(14(18)19)9-13(11)10-17/h3-4,9H,2,5-8,10H2,1H3,(H,18,19). The summed E-state index contributed by atoms with van der Waals surface area (Å²) in [5.74, 6) is -0.892. The van der Waals surface area contributed by atoms with Gasteiger partial charge in [0.05, 0.1) is 5.56 Å². The number of fused-ring (bicyclic) bond motifs is 1. The number of rotatable bonds is 3. The third-order valence-electron chi connectivity index (χ3n) is 4.69. The molecular formula is C16H19NO4. The number of benzene rings is 1. The van der Waals surface area contributed by atoms with E-state index in [9.17, 15) is 9.59 Å². The van der Waals surface area contributed by atoms with Gasteiger partial charge in [0.15, 0.2) is 0 Å². The minimum Gasteiger partial charge on any atom is -0.478 e. The molecule has 1 fully saturated rings. The molecule has 1 saturated carbocycles. The minimum absolute atomic E-state index is 0.0441. The number of hydrogen-bond donors (Lipinski definition) is 1. The van der Waals surface area contributed by atoms with E-state index in [1.807, 2.05) is 6.07 Å². The van der Waals surface area contributed by atoms with Crippen LogP contribution in [0.4, 0.5) is 0 Å². The molecule has 0 aromatic heterocycles. The van der Waals surface area contributed by atoms with Crippen LogP contribution in [0.3, 0.4) is 0 Å². The van der Waals surface area contributed by atoms with Crippen LogP contribution in [0.1, 0.15) is 40.7 Å². The van der Waals surface area contributed by atoms with Crippen molar-refractivity contribution in [3.8, 4) is 0 Å². The van der Waals surface area contributed by atoms with Crippen LogP contribution < -0.4 is 0 Å². The molecular weight excluding hydrogens is 270 g/mol. The highest BCUT2D eigenvalue weighted by atomic mass is 16.5. The molecule has 0 radical (unpaired) electrons. The molecule has 0 saturated heterocycles. The highest BCUT2D eigenvalue weighted by molar-refractivity contribution is 5.88. The zero-order valence-corrected chi connectivity index (χ0v) is 12.1. The zero-order valence-electron chi connectivity index (χ0n) is 12.1. The molecule has 3 rings (SSSR count). The number of amides is 1. The first-order valence-corrected chi connectivity index (χ1v) is 7.25. The lowest BCUT2D eigenvalue weighted by atomic mass is 9.78. The molecule has 5 nitrogen and oxygen atoms in total. The van der Waals surface area contributed by atoms with E-state index in [-0.39, 0.29) is 11.5 Å². The van der Waals surface area contributed by atoms with E-state index in [4.69, 9.17) is 9.84 Å². The van der Waals surface area contributed by atoms with Crippen LogP contribution >= 0.6 is 0 Å². The molecule has 1 aromatic carbocycles. The fourth-order valence-corrected chi connectivity index (χ4v) is 3.15. The quantitative estimate of drug-likeness (QED) is 0.922. The largest absolute Gasteiger partial charge is 0.478 e. The normalized spacial score (nSPS) is 19.6. The number of carboxylic acids is 1. The molecule has 1 amide bonds. The third kappa shape index (κ3) is 2.31. The zero-order chi connectivity index (χ0) is 15.0. The fraction of sp³-hybridized carbons (Fsp3) is 0.500. The molecule has 1 heterocycles. The van der Waals surface area contributed by atoms with Crippen LogP contribution in [0.15, 0.2) is 18.2 Å². The second-order valence-corrected chi connectivity index (χ2v) is 5.82. The summed E-state index contributed by atoms with van der Waals surface area (Å²) in [6.45, 7) is 1.14. The van der Waals surface area contributed by atoms with Crippen molar-refractivity contribution in [2.45, 2.75) is 37.8 Å². The lowest BCUT2D eigenvalue weighted by Gasteiger charge is -2.43. The van der Waals surface area contributed by atoms with E-state index in [2.05, 4.69) is 0 Å². The first-order valence-electron chi connectivity index (χ1n) is 7.25. The first-order chi connectivity index (χ1) is 10.1. The van der Waals surface area contributed by atoms with Gasteiger partial charge in [0, 0.05) is 20.2 Å². The fourth-order valence-electron chi connectivity index (χ4n) is 3.15. The van der Waals surface area contributed by atoms with E-state index in [1.165, 1.54) is 0 Å². The highest BCUT2D eigenvalue weighted by Crippen LogP contribution is 2.37. The smallest absolute Gasteiger partial charge is 0.335 e. The Labute approximate surface area is 123 Å². The molecule has 112 valence electrons. The molecule has 21 heavy (non-hydrogen) atoms. The van der Waals surface area contributed by atoms with Gasteiger partial charge in [-0.1, -0.05) is 6.07 Å². The first kappa shape index (κ1) is 14.1. The lowest BCUT2D eigenvalue weighted by molar-refractivity contribution is -0.166. The van der Waals surface area contributed by atoms with Crippen LogP contribution in [0.2, 0.25) is 0 Å². The van der Waals surface area contributed by atoms with E-state index in [0.717, 1.165) is 36.8 Å². The maximum atomic E-state index is 12.6. The molecule has 1 N–H and O–H groups in total. The van der Waals surface area contributed by atoms with Gasteiger partial charge in [-0.3, -0.25) is 4.79 Å². The predicted molar refractivity (Wildman–Crippen MR) is 76.1 cm³/mol. The second-order valence-electron chi connectivity index (χ2n) is 5.82. The summed E-state index contributed by atoms with van der Waals surface area (Å²) in [6, 6.07) is 5.16. The summed E-state index contributed by atoms with van der Waals surface area (Å²) in [7, 11) is 1.59. The molecule has 1 aliphatic heterocycles. The van der Waals surface area contributed by atoms with Gasteiger partial charge in [-0.25, -0.2) is 4.79 Å². The Kier molecular flexibility index (Phi) is 3.45. The SMILES string of the molecule is COC1(C(=O)N2CCc3ccc(C(=O)O)cc3C2)CCC1. The van der Waals surface area contributed by atoms with Gasteiger partial charge >= 0.3 is 5.97 Å². The van der Waals surface area contributed by atoms with Crippen molar-refractivity contribution in [1.82, 2.24) is 4.90 Å². The van der Waals surface area contributed by atoms with Crippen molar-refractivity contribution in [2.24, 2.45) is 0 Å². The van der Waals surface area contributed by atoms with Crippen molar-refractivity contribution in [3.63, 3.8) is 0 Å². The number of ether oxygens (including phenoxy) is 1. The van der Waals surface area contributed by atoms with Crippen LogP contribution in [0.5, 0.6) is 0 Å². The van der Waals surface area contributed by atoms with Crippen molar-refractivity contribution in [3.05, 3.63) is 34.9 Å². The third-order valence-corrected chi connectivity index (χ3v) is 4.69. The molecule has 1 aliphatic carbocycles. The maximum Gasteiger partial charge on any atom is 0.335 e. The Bertz CT molecular complexity index is 586. The summed E-state index contributed by atoms with van der Waals surface area (Å²) < 4.78 is 5.45. The summed E-state index contributed by atoms with van der Waals surface area (Å²) in [5, 5.41) is 9.08. The molecule has 2 aliphatic rings. The summed E-state index contributed by atoms with van der Waals surface area (Å²) in [5.41, 5.74) is 1.69. The van der Waals surface area contributed by atoms with Gasteiger partial charge in [0.1, 0.15) is 5.60 Å². The maximum absolute atomic E-state index is 12.6. The Morgan fingerprint density at radius 2 is 2.05 bits per heavy atom. The minimum atomic E-state index is -0.936. The number of carboxylic acid groups (broad SMARTS) is 1. The molecule has 5 heteroatoms. The monoisotopic (exact) mass is 289 g/mol. The van der Waals surface area contributed by atoms with Gasteiger partial charge in [-0.2, -0.15) is 0 Å². The van der Waals surface area contributed by atoms with Crippen LogP contribution in [0.25, 0.3) is 0 Å². The summed E-state index contributed by atoms with van der Waals surface area (Å²) in [4.78, 5) is 25.5. The Morgan fingerprint density at radius 3 is 2.62 bits per heavy atom. The van der Waals surface area contributed by atoms with Crippen molar-refractivity contribution in [2.75, 3.05) is 13.7 Å². The highest BCUT2D eigenvalue weighted by Gasteiger charge is 2.47. The molecule has 0 atom stereocenters. The number of carbonyl (C=O) groups is 2.